The summed E-state index contributed by atoms with van der Waals surface area (Å²) in [6.07, 6.45) is 3.11. The van der Waals surface area contributed by atoms with Gasteiger partial charge in [-0.25, -0.2) is 8.78 Å². The molecule has 21 heavy (non-hydrogen) atoms. The van der Waals surface area contributed by atoms with Crippen LogP contribution in [0.5, 0.6) is 0 Å². The topological polar surface area (TPSA) is 32.5 Å². The zero-order valence-electron chi connectivity index (χ0n) is 12.9. The smallest absolute Gasteiger partial charge is 0.126 e. The molecule has 1 aromatic carbocycles. The van der Waals surface area contributed by atoms with Crippen LogP contribution in [0.15, 0.2) is 18.2 Å². The van der Waals surface area contributed by atoms with Crippen molar-refractivity contribution >= 4 is 0 Å². The molecule has 1 aliphatic rings. The van der Waals surface area contributed by atoms with Crippen LogP contribution in [0, 0.1) is 11.6 Å². The van der Waals surface area contributed by atoms with Gasteiger partial charge in [0.05, 0.1) is 0 Å². The van der Waals surface area contributed by atoms with E-state index in [2.05, 4.69) is 23.9 Å². The lowest BCUT2D eigenvalue weighted by molar-refractivity contribution is 0.132. The molecule has 1 saturated heterocycles. The maximum atomic E-state index is 13.2. The molecule has 1 aromatic rings. The third-order valence-electron chi connectivity index (χ3n) is 4.33. The highest BCUT2D eigenvalue weighted by Crippen LogP contribution is 2.19. The van der Waals surface area contributed by atoms with Gasteiger partial charge in [-0.2, -0.15) is 0 Å². The summed E-state index contributed by atoms with van der Waals surface area (Å²) in [5, 5.41) is 0. The highest BCUT2D eigenvalue weighted by molar-refractivity contribution is 5.21. The summed E-state index contributed by atoms with van der Waals surface area (Å²) in [6.45, 7) is 3.06. The first kappa shape index (κ1) is 16.3. The molecule has 2 unspecified atom stereocenters. The lowest BCUT2D eigenvalue weighted by Crippen LogP contribution is -2.45. The number of likely N-dealkylation sites (N-methyl/N-ethyl adjacent to an activating group) is 2. The molecule has 0 radical (unpaired) electrons. The number of benzene rings is 1. The Bertz CT molecular complexity index is 447. The Morgan fingerprint density at radius 2 is 2.00 bits per heavy atom. The molecule has 0 spiro atoms. The van der Waals surface area contributed by atoms with Crippen molar-refractivity contribution in [3.05, 3.63) is 35.4 Å². The third-order valence-corrected chi connectivity index (χ3v) is 4.33. The molecular formula is C16H25F2N3. The van der Waals surface area contributed by atoms with Gasteiger partial charge in [0.15, 0.2) is 0 Å². The van der Waals surface area contributed by atoms with Crippen molar-refractivity contribution in [1.82, 2.24) is 9.80 Å². The Balaban J connectivity index is 1.86. The van der Waals surface area contributed by atoms with Gasteiger partial charge in [0.1, 0.15) is 11.6 Å². The van der Waals surface area contributed by atoms with Crippen LogP contribution < -0.4 is 5.73 Å². The largest absolute Gasteiger partial charge is 0.324 e. The molecule has 2 rings (SSSR count). The average Bonchev–Trinajstić information content (AvgIpc) is 2.43. The van der Waals surface area contributed by atoms with Crippen molar-refractivity contribution < 1.29 is 8.78 Å². The number of piperidine rings is 1. The minimum Gasteiger partial charge on any atom is -0.324 e. The van der Waals surface area contributed by atoms with Crippen LogP contribution in [-0.2, 0) is 0 Å². The second-order valence-corrected chi connectivity index (χ2v) is 6.14. The standard InChI is InChI=1S/C16H25F2N3/c1-20-6-3-4-15(11-20)21(2)7-5-16(19)12-8-13(17)10-14(18)9-12/h8-10,15-16H,3-7,11,19H2,1-2H3. The first-order chi connectivity index (χ1) is 9.95. The number of hydrogen-bond acceptors (Lipinski definition) is 3. The molecule has 0 aliphatic carbocycles. The highest BCUT2D eigenvalue weighted by Gasteiger charge is 2.21. The monoisotopic (exact) mass is 297 g/mol. The fraction of sp³-hybridized carbons (Fsp3) is 0.625. The zero-order valence-corrected chi connectivity index (χ0v) is 12.9. The molecule has 118 valence electrons. The van der Waals surface area contributed by atoms with Crippen LogP contribution in [-0.4, -0.2) is 49.6 Å². The average molecular weight is 297 g/mol. The molecule has 0 saturated carbocycles. The predicted molar refractivity (Wildman–Crippen MR) is 81.1 cm³/mol. The lowest BCUT2D eigenvalue weighted by atomic mass is 10.0. The van der Waals surface area contributed by atoms with Gasteiger partial charge in [0.25, 0.3) is 0 Å². The quantitative estimate of drug-likeness (QED) is 0.906. The summed E-state index contributed by atoms with van der Waals surface area (Å²) in [5.74, 6) is -1.13. The van der Waals surface area contributed by atoms with E-state index in [1.807, 2.05) is 0 Å². The van der Waals surface area contributed by atoms with E-state index in [4.69, 9.17) is 5.73 Å². The van der Waals surface area contributed by atoms with Crippen LogP contribution in [0.3, 0.4) is 0 Å². The summed E-state index contributed by atoms with van der Waals surface area (Å²) in [7, 11) is 4.24. The van der Waals surface area contributed by atoms with Gasteiger partial charge in [-0.3, -0.25) is 0 Å². The summed E-state index contributed by atoms with van der Waals surface area (Å²) >= 11 is 0. The Morgan fingerprint density at radius 1 is 1.33 bits per heavy atom. The molecule has 2 atom stereocenters. The Morgan fingerprint density at radius 3 is 2.62 bits per heavy atom. The van der Waals surface area contributed by atoms with E-state index in [1.165, 1.54) is 25.0 Å². The maximum Gasteiger partial charge on any atom is 0.126 e. The van der Waals surface area contributed by atoms with Gasteiger partial charge < -0.3 is 15.5 Å². The normalized spacial score (nSPS) is 21.7. The Hall–Kier alpha value is -1.04. The molecule has 0 bridgehead atoms. The molecule has 1 heterocycles. The summed E-state index contributed by atoms with van der Waals surface area (Å²) < 4.78 is 26.4. The fourth-order valence-electron chi connectivity index (χ4n) is 2.98. The van der Waals surface area contributed by atoms with E-state index in [0.29, 0.717) is 18.0 Å². The van der Waals surface area contributed by atoms with Gasteiger partial charge in [0, 0.05) is 24.7 Å². The SMILES string of the molecule is CN1CCCC(N(C)CCC(N)c2cc(F)cc(F)c2)C1. The van der Waals surface area contributed by atoms with Crippen LogP contribution in [0.1, 0.15) is 30.9 Å². The van der Waals surface area contributed by atoms with Gasteiger partial charge in [0.2, 0.25) is 0 Å². The van der Waals surface area contributed by atoms with Crippen LogP contribution >= 0.6 is 0 Å². The molecule has 0 aromatic heterocycles. The first-order valence-electron chi connectivity index (χ1n) is 7.56. The number of nitrogens with zero attached hydrogens (tertiary/aromatic N) is 2. The predicted octanol–water partition coefficient (Wildman–Crippen LogP) is 2.38. The maximum absolute atomic E-state index is 13.2. The van der Waals surface area contributed by atoms with E-state index < -0.39 is 11.6 Å². The molecular weight excluding hydrogens is 272 g/mol. The van der Waals surface area contributed by atoms with E-state index in [1.54, 1.807) is 0 Å². The van der Waals surface area contributed by atoms with Gasteiger partial charge >= 0.3 is 0 Å². The second kappa shape index (κ2) is 7.29. The van der Waals surface area contributed by atoms with E-state index in [9.17, 15) is 8.78 Å². The number of nitrogens with two attached hydrogens (primary N) is 1. The molecule has 0 amide bonds. The van der Waals surface area contributed by atoms with E-state index in [0.717, 1.165) is 25.7 Å². The molecule has 5 heteroatoms. The van der Waals surface area contributed by atoms with Crippen molar-refractivity contribution in [3.8, 4) is 0 Å². The Labute approximate surface area is 125 Å². The molecule has 3 nitrogen and oxygen atoms in total. The minimum absolute atomic E-state index is 0.334. The second-order valence-electron chi connectivity index (χ2n) is 6.14. The van der Waals surface area contributed by atoms with Crippen molar-refractivity contribution in [1.29, 1.82) is 0 Å². The highest BCUT2D eigenvalue weighted by atomic mass is 19.1. The van der Waals surface area contributed by atoms with E-state index in [-0.39, 0.29) is 6.04 Å². The van der Waals surface area contributed by atoms with Crippen molar-refractivity contribution in [2.24, 2.45) is 5.73 Å². The van der Waals surface area contributed by atoms with Gasteiger partial charge in [-0.15, -0.1) is 0 Å². The van der Waals surface area contributed by atoms with Crippen LogP contribution in [0.25, 0.3) is 0 Å². The lowest BCUT2D eigenvalue weighted by Gasteiger charge is -2.36. The van der Waals surface area contributed by atoms with E-state index >= 15 is 0 Å². The van der Waals surface area contributed by atoms with Crippen LogP contribution in [0.4, 0.5) is 8.78 Å². The zero-order chi connectivity index (χ0) is 15.4. The minimum atomic E-state index is -0.567. The third kappa shape index (κ3) is 4.73. The van der Waals surface area contributed by atoms with Crippen molar-refractivity contribution in [3.63, 3.8) is 0 Å². The van der Waals surface area contributed by atoms with Crippen LogP contribution in [0.2, 0.25) is 0 Å². The first-order valence-corrected chi connectivity index (χ1v) is 7.56. The molecule has 1 aliphatic heterocycles. The van der Waals surface area contributed by atoms with Crippen molar-refractivity contribution in [2.75, 3.05) is 33.7 Å². The number of hydrogen-bond donors (Lipinski definition) is 1. The molecule has 2 N–H and O–H groups in total. The van der Waals surface area contributed by atoms with Gasteiger partial charge in [-0.05, 0) is 64.1 Å². The van der Waals surface area contributed by atoms with Gasteiger partial charge in [-0.1, -0.05) is 0 Å². The molecule has 1 fully saturated rings. The number of likely N-dealkylation sites (tertiary alicyclic amines) is 1. The van der Waals surface area contributed by atoms with Crippen molar-refractivity contribution in [2.45, 2.75) is 31.3 Å². The summed E-state index contributed by atoms with van der Waals surface area (Å²) in [4.78, 5) is 4.65. The number of halogens is 2. The summed E-state index contributed by atoms with van der Waals surface area (Å²) in [6, 6.07) is 3.73. The Kier molecular flexibility index (Phi) is 5.67. The fourth-order valence-corrected chi connectivity index (χ4v) is 2.98. The number of rotatable bonds is 5. The summed E-state index contributed by atoms with van der Waals surface area (Å²) in [5.41, 5.74) is 6.60.